The maximum absolute atomic E-state index is 9.89. The summed E-state index contributed by atoms with van der Waals surface area (Å²) in [7, 11) is 0. The Morgan fingerprint density at radius 2 is 1.24 bits per heavy atom. The summed E-state index contributed by atoms with van der Waals surface area (Å²) < 4.78 is 0. The zero-order chi connectivity index (χ0) is 12.6. The smallest absolute Gasteiger partial charge is 0.225 e. The van der Waals surface area contributed by atoms with Gasteiger partial charge in [0.1, 0.15) is 0 Å². The van der Waals surface area contributed by atoms with Crippen molar-refractivity contribution in [3.8, 4) is 0 Å². The monoisotopic (exact) mass is 237 g/mol. The Bertz CT molecular complexity index is 172. The first-order valence-corrected chi connectivity index (χ1v) is 7.44. The van der Waals surface area contributed by atoms with Gasteiger partial charge in [-0.05, 0) is 18.9 Å². The third-order valence-electron chi connectivity index (χ3n) is 3.16. The lowest BCUT2D eigenvalue weighted by Gasteiger charge is -2.01. The molecule has 0 aromatic heterocycles. The average molecular weight is 237 g/mol. The number of hydrogen-bond acceptors (Lipinski definition) is 1. The molecule has 0 aromatic rings. The first-order chi connectivity index (χ1) is 8.41. The Hall–Kier alpha value is -0.590. The van der Waals surface area contributed by atoms with E-state index in [1.54, 1.807) is 6.29 Å². The van der Waals surface area contributed by atoms with Crippen molar-refractivity contribution in [3.63, 3.8) is 0 Å². The number of hydrogen-bond donors (Lipinski definition) is 0. The van der Waals surface area contributed by atoms with Crippen LogP contribution in [0.5, 0.6) is 0 Å². The van der Waals surface area contributed by atoms with E-state index in [4.69, 9.17) is 0 Å². The van der Waals surface area contributed by atoms with E-state index in [1.807, 2.05) is 6.08 Å². The number of unbranched alkanes of at least 4 members (excludes halogenated alkanes) is 11. The predicted molar refractivity (Wildman–Crippen MR) is 75.9 cm³/mol. The molecule has 0 atom stereocenters. The highest BCUT2D eigenvalue weighted by Crippen LogP contribution is 2.11. The lowest BCUT2D eigenvalue weighted by molar-refractivity contribution is 0.550. The van der Waals surface area contributed by atoms with Crippen molar-refractivity contribution in [2.24, 2.45) is 0 Å². The molecule has 0 N–H and O–H groups in total. The average Bonchev–Trinajstić information content (AvgIpc) is 2.35. The van der Waals surface area contributed by atoms with Crippen molar-refractivity contribution in [2.75, 3.05) is 0 Å². The molecule has 17 heavy (non-hydrogen) atoms. The van der Waals surface area contributed by atoms with E-state index < -0.39 is 0 Å². The van der Waals surface area contributed by atoms with Gasteiger partial charge in [0.05, 0.1) is 0 Å². The topological polar surface area (TPSA) is 17.1 Å². The van der Waals surface area contributed by atoms with Crippen molar-refractivity contribution in [1.29, 1.82) is 0 Å². The Kier molecular flexibility index (Phi) is 14.9. The Morgan fingerprint density at radius 1 is 0.765 bits per heavy atom. The summed E-state index contributed by atoms with van der Waals surface area (Å²) >= 11 is 0. The Balaban J connectivity index is 2.93. The van der Waals surface area contributed by atoms with Crippen molar-refractivity contribution < 1.29 is 4.79 Å². The molecule has 0 aromatic carbocycles. The molecule has 0 fully saturated rings. The standard InChI is InChI=1S/C16H29O/c1-2-3-4-5-6-7-8-9-10-11-12-13-14-15-16-17/h14-15H,2-13H2,1H3. The lowest BCUT2D eigenvalue weighted by atomic mass is 10.1. The number of rotatable bonds is 13. The molecule has 0 saturated heterocycles. The van der Waals surface area contributed by atoms with Gasteiger partial charge in [0.2, 0.25) is 6.29 Å². The fourth-order valence-electron chi connectivity index (χ4n) is 2.06. The lowest BCUT2D eigenvalue weighted by Crippen LogP contribution is -1.82. The highest BCUT2D eigenvalue weighted by atomic mass is 16.1. The highest BCUT2D eigenvalue weighted by molar-refractivity contribution is 5.65. The molecular formula is C16H29O. The van der Waals surface area contributed by atoms with Gasteiger partial charge >= 0.3 is 0 Å². The van der Waals surface area contributed by atoms with Gasteiger partial charge in [0, 0.05) is 0 Å². The first-order valence-electron chi connectivity index (χ1n) is 7.44. The van der Waals surface area contributed by atoms with Gasteiger partial charge in [0.25, 0.3) is 0 Å². The molecule has 0 amide bonds. The molecule has 0 aliphatic heterocycles. The normalized spacial score (nSPS) is 11.1. The fourth-order valence-corrected chi connectivity index (χ4v) is 2.06. The van der Waals surface area contributed by atoms with Gasteiger partial charge in [0.15, 0.2) is 0 Å². The molecule has 1 radical (unpaired) electrons. The van der Waals surface area contributed by atoms with Crippen molar-refractivity contribution >= 4 is 6.29 Å². The summed E-state index contributed by atoms with van der Waals surface area (Å²) in [4.78, 5) is 9.89. The van der Waals surface area contributed by atoms with E-state index in [-0.39, 0.29) is 0 Å². The zero-order valence-corrected chi connectivity index (χ0v) is 11.5. The van der Waals surface area contributed by atoms with Gasteiger partial charge in [-0.25, -0.2) is 0 Å². The Labute approximate surface area is 108 Å². The Morgan fingerprint density at radius 3 is 1.71 bits per heavy atom. The van der Waals surface area contributed by atoms with Crippen LogP contribution in [0, 0.1) is 0 Å². The van der Waals surface area contributed by atoms with Gasteiger partial charge in [-0.3, -0.25) is 4.79 Å². The van der Waals surface area contributed by atoms with E-state index in [0.29, 0.717) is 0 Å². The van der Waals surface area contributed by atoms with E-state index in [1.165, 1.54) is 76.7 Å². The maximum Gasteiger partial charge on any atom is 0.225 e. The maximum atomic E-state index is 9.89. The summed E-state index contributed by atoms with van der Waals surface area (Å²) in [5, 5.41) is 0. The van der Waals surface area contributed by atoms with Gasteiger partial charge in [-0.1, -0.05) is 77.2 Å². The molecule has 0 heterocycles. The second kappa shape index (κ2) is 15.4. The molecule has 0 unspecified atom stereocenters. The minimum absolute atomic E-state index is 1.03. The summed E-state index contributed by atoms with van der Waals surface area (Å²) in [6.45, 7) is 2.27. The predicted octanol–water partition coefficient (Wildman–Crippen LogP) is 5.35. The molecule has 99 valence electrons. The zero-order valence-electron chi connectivity index (χ0n) is 11.5. The summed E-state index contributed by atoms with van der Waals surface area (Å²) in [6, 6.07) is 0. The summed E-state index contributed by atoms with van der Waals surface area (Å²) in [5.74, 6) is 0. The van der Waals surface area contributed by atoms with E-state index in [2.05, 4.69) is 6.92 Å². The van der Waals surface area contributed by atoms with Gasteiger partial charge in [-0.15, -0.1) is 0 Å². The second-order valence-corrected chi connectivity index (χ2v) is 4.84. The molecule has 0 aliphatic rings. The third-order valence-corrected chi connectivity index (χ3v) is 3.16. The van der Waals surface area contributed by atoms with Crippen LogP contribution in [0.2, 0.25) is 0 Å². The van der Waals surface area contributed by atoms with Gasteiger partial charge < -0.3 is 0 Å². The molecule has 1 heteroatoms. The SMILES string of the molecule is CCCCCCCCCCCCCC=C[C]=O. The van der Waals surface area contributed by atoms with Crippen molar-refractivity contribution in [3.05, 3.63) is 12.2 Å². The molecule has 1 nitrogen and oxygen atoms in total. The fraction of sp³-hybridized carbons (Fsp3) is 0.812. The molecule has 0 aliphatic carbocycles. The summed E-state index contributed by atoms with van der Waals surface area (Å²) in [6.07, 6.45) is 21.3. The molecule has 0 bridgehead atoms. The van der Waals surface area contributed by atoms with Crippen LogP contribution in [0.15, 0.2) is 12.2 Å². The minimum Gasteiger partial charge on any atom is -0.286 e. The van der Waals surface area contributed by atoms with Crippen molar-refractivity contribution in [2.45, 2.75) is 84.0 Å². The summed E-state index contributed by atoms with van der Waals surface area (Å²) in [5.41, 5.74) is 0. The second-order valence-electron chi connectivity index (χ2n) is 4.84. The van der Waals surface area contributed by atoms with Crippen LogP contribution in [-0.4, -0.2) is 6.29 Å². The van der Waals surface area contributed by atoms with Crippen LogP contribution in [0.25, 0.3) is 0 Å². The van der Waals surface area contributed by atoms with Crippen LogP contribution in [0.4, 0.5) is 0 Å². The molecule has 0 saturated carbocycles. The minimum atomic E-state index is 1.03. The van der Waals surface area contributed by atoms with Crippen LogP contribution >= 0.6 is 0 Å². The largest absolute Gasteiger partial charge is 0.286 e. The van der Waals surface area contributed by atoms with Crippen LogP contribution in [0.1, 0.15) is 84.0 Å². The first kappa shape index (κ1) is 16.4. The van der Waals surface area contributed by atoms with Gasteiger partial charge in [-0.2, -0.15) is 0 Å². The van der Waals surface area contributed by atoms with E-state index in [9.17, 15) is 4.79 Å². The van der Waals surface area contributed by atoms with Crippen molar-refractivity contribution in [1.82, 2.24) is 0 Å². The third kappa shape index (κ3) is 15.4. The highest BCUT2D eigenvalue weighted by Gasteiger charge is 1.92. The van der Waals surface area contributed by atoms with Crippen LogP contribution < -0.4 is 0 Å². The molecule has 0 spiro atoms. The molecular weight excluding hydrogens is 208 g/mol. The van der Waals surface area contributed by atoms with E-state index >= 15 is 0 Å². The molecule has 0 rings (SSSR count). The quantitative estimate of drug-likeness (QED) is 0.311. The number of carbonyl (C=O) groups excluding carboxylic acids is 1. The van der Waals surface area contributed by atoms with Crippen LogP contribution in [0.3, 0.4) is 0 Å². The number of allylic oxidation sites excluding steroid dienone is 2. The van der Waals surface area contributed by atoms with E-state index in [0.717, 1.165) is 6.42 Å². The van der Waals surface area contributed by atoms with Crippen LogP contribution in [-0.2, 0) is 4.79 Å².